The van der Waals surface area contributed by atoms with Crippen LogP contribution in [-0.2, 0) is 4.74 Å². The van der Waals surface area contributed by atoms with Crippen LogP contribution in [0.4, 0.5) is 4.39 Å². The van der Waals surface area contributed by atoms with Crippen LogP contribution < -0.4 is 0 Å². The number of carbonyl (C=O) groups excluding carboxylic acids is 1. The van der Waals surface area contributed by atoms with Gasteiger partial charge in [-0.1, -0.05) is 0 Å². The summed E-state index contributed by atoms with van der Waals surface area (Å²) in [5.41, 5.74) is 0.248. The van der Waals surface area contributed by atoms with E-state index in [1.165, 1.54) is 11.0 Å². The summed E-state index contributed by atoms with van der Waals surface area (Å²) in [5.74, 6) is -1.12. The molecule has 0 aromatic heterocycles. The Morgan fingerprint density at radius 3 is 3.05 bits per heavy atom. The molecule has 1 amide bonds. The molecule has 5 nitrogen and oxygen atoms in total. The molecule has 0 aliphatic carbocycles. The molecular weight excluding hydrogens is 263 g/mol. The van der Waals surface area contributed by atoms with Crippen LogP contribution >= 0.6 is 0 Å². The molecular formula is C14H15FN2O3. The highest BCUT2D eigenvalue weighted by molar-refractivity contribution is 5.94. The second-order valence-corrected chi connectivity index (χ2v) is 4.72. The number of hydrogen-bond acceptors (Lipinski definition) is 4. The van der Waals surface area contributed by atoms with Crippen molar-refractivity contribution >= 4 is 5.91 Å². The zero-order valence-electron chi connectivity index (χ0n) is 10.9. The molecule has 106 valence electrons. The van der Waals surface area contributed by atoms with Crippen molar-refractivity contribution < 1.29 is 19.0 Å². The number of amides is 1. The van der Waals surface area contributed by atoms with Gasteiger partial charge in [0.1, 0.15) is 5.82 Å². The molecule has 1 aromatic carbocycles. The summed E-state index contributed by atoms with van der Waals surface area (Å²) in [6.07, 6.45) is 0. The molecule has 0 radical (unpaired) electrons. The first-order valence-electron chi connectivity index (χ1n) is 6.32. The van der Waals surface area contributed by atoms with Crippen molar-refractivity contribution in [2.24, 2.45) is 5.92 Å². The topological polar surface area (TPSA) is 73.6 Å². The first-order chi connectivity index (χ1) is 9.63. The molecule has 1 N–H and O–H groups in total. The minimum absolute atomic E-state index is 0.0730. The van der Waals surface area contributed by atoms with Crippen LogP contribution in [0.1, 0.15) is 15.9 Å². The molecule has 1 saturated heterocycles. The molecule has 1 fully saturated rings. The van der Waals surface area contributed by atoms with E-state index in [-0.39, 0.29) is 29.6 Å². The minimum atomic E-state index is -0.614. The van der Waals surface area contributed by atoms with Crippen molar-refractivity contribution in [3.8, 4) is 6.07 Å². The number of carbonyl (C=O) groups is 1. The Hall–Kier alpha value is -1.97. The van der Waals surface area contributed by atoms with Crippen LogP contribution in [0.3, 0.4) is 0 Å². The van der Waals surface area contributed by atoms with Crippen molar-refractivity contribution in [2.75, 3.05) is 32.9 Å². The van der Waals surface area contributed by atoms with Crippen LogP contribution in [0.5, 0.6) is 0 Å². The van der Waals surface area contributed by atoms with E-state index in [1.54, 1.807) is 0 Å². The van der Waals surface area contributed by atoms with Gasteiger partial charge in [-0.25, -0.2) is 4.39 Å². The molecule has 0 bridgehead atoms. The molecule has 1 aliphatic rings. The summed E-state index contributed by atoms with van der Waals surface area (Å²) in [6, 6.07) is 5.39. The second-order valence-electron chi connectivity index (χ2n) is 4.72. The van der Waals surface area contributed by atoms with E-state index in [1.807, 2.05) is 6.07 Å². The van der Waals surface area contributed by atoms with Gasteiger partial charge in [-0.05, 0) is 18.2 Å². The van der Waals surface area contributed by atoms with Gasteiger partial charge in [-0.3, -0.25) is 4.79 Å². The molecule has 20 heavy (non-hydrogen) atoms. The minimum Gasteiger partial charge on any atom is -0.396 e. The fraction of sp³-hybridized carbons (Fsp3) is 0.429. The number of benzene rings is 1. The Morgan fingerprint density at radius 1 is 1.55 bits per heavy atom. The fourth-order valence-corrected chi connectivity index (χ4v) is 2.14. The SMILES string of the molecule is N#Cc1cc(F)cc(C(=O)N2CCOCC(CO)C2)c1. The zero-order chi connectivity index (χ0) is 14.5. The lowest BCUT2D eigenvalue weighted by atomic mass is 10.1. The highest BCUT2D eigenvalue weighted by Gasteiger charge is 2.23. The lowest BCUT2D eigenvalue weighted by Crippen LogP contribution is -2.36. The van der Waals surface area contributed by atoms with Gasteiger partial charge in [0.05, 0.1) is 24.8 Å². The number of aliphatic hydroxyl groups is 1. The van der Waals surface area contributed by atoms with Crippen LogP contribution in [0, 0.1) is 23.1 Å². The van der Waals surface area contributed by atoms with Crippen molar-refractivity contribution in [3.05, 3.63) is 35.1 Å². The largest absolute Gasteiger partial charge is 0.396 e. The third kappa shape index (κ3) is 3.32. The Kier molecular flexibility index (Phi) is 4.66. The quantitative estimate of drug-likeness (QED) is 0.867. The summed E-state index contributed by atoms with van der Waals surface area (Å²) >= 11 is 0. The lowest BCUT2D eigenvalue weighted by Gasteiger charge is -2.22. The first kappa shape index (κ1) is 14.4. The standard InChI is InChI=1S/C14H15FN2O3/c15-13-4-10(6-16)3-12(5-13)14(19)17-1-2-20-9-11(7-17)8-18/h3-5,11,18H,1-2,7-9H2. The van der Waals surface area contributed by atoms with E-state index in [9.17, 15) is 14.3 Å². The number of nitriles is 1. The molecule has 0 spiro atoms. The lowest BCUT2D eigenvalue weighted by molar-refractivity contribution is 0.0727. The van der Waals surface area contributed by atoms with Gasteiger partial charge in [0.25, 0.3) is 5.91 Å². The van der Waals surface area contributed by atoms with E-state index in [0.29, 0.717) is 26.3 Å². The maximum atomic E-state index is 13.4. The number of halogens is 1. The summed E-state index contributed by atoms with van der Waals surface area (Å²) in [5, 5.41) is 18.0. The molecule has 1 unspecified atom stereocenters. The van der Waals surface area contributed by atoms with Gasteiger partial charge < -0.3 is 14.7 Å². The predicted molar refractivity (Wildman–Crippen MR) is 68.4 cm³/mol. The van der Waals surface area contributed by atoms with Gasteiger partial charge >= 0.3 is 0 Å². The molecule has 6 heteroatoms. The van der Waals surface area contributed by atoms with E-state index in [4.69, 9.17) is 10.00 Å². The fourth-order valence-electron chi connectivity index (χ4n) is 2.14. The molecule has 2 rings (SSSR count). The summed E-state index contributed by atoms with van der Waals surface area (Å²) in [4.78, 5) is 13.9. The molecule has 1 heterocycles. The normalized spacial score (nSPS) is 19.2. The van der Waals surface area contributed by atoms with Crippen LogP contribution in [0.25, 0.3) is 0 Å². The number of nitrogens with zero attached hydrogens (tertiary/aromatic N) is 2. The number of hydrogen-bond donors (Lipinski definition) is 1. The second kappa shape index (κ2) is 6.46. The highest BCUT2D eigenvalue weighted by Crippen LogP contribution is 2.14. The molecule has 1 atom stereocenters. The average molecular weight is 278 g/mol. The average Bonchev–Trinajstić information content (AvgIpc) is 2.71. The van der Waals surface area contributed by atoms with Gasteiger partial charge in [0.15, 0.2) is 0 Å². The van der Waals surface area contributed by atoms with Crippen LogP contribution in [0.2, 0.25) is 0 Å². The van der Waals surface area contributed by atoms with Gasteiger partial charge in [0.2, 0.25) is 0 Å². The zero-order valence-corrected chi connectivity index (χ0v) is 10.9. The molecule has 0 saturated carbocycles. The Bertz CT molecular complexity index is 542. The smallest absolute Gasteiger partial charge is 0.254 e. The maximum Gasteiger partial charge on any atom is 0.254 e. The summed E-state index contributed by atoms with van der Waals surface area (Å²) in [6.45, 7) is 1.44. The van der Waals surface area contributed by atoms with E-state index in [2.05, 4.69) is 0 Å². The number of ether oxygens (including phenoxy) is 1. The molecule has 1 aromatic rings. The number of aliphatic hydroxyl groups excluding tert-OH is 1. The predicted octanol–water partition coefficient (Wildman–Crippen LogP) is 0.778. The van der Waals surface area contributed by atoms with E-state index < -0.39 is 5.82 Å². The van der Waals surface area contributed by atoms with Crippen molar-refractivity contribution in [1.82, 2.24) is 4.90 Å². The van der Waals surface area contributed by atoms with Crippen LogP contribution in [0.15, 0.2) is 18.2 Å². The van der Waals surface area contributed by atoms with E-state index in [0.717, 1.165) is 12.1 Å². The van der Waals surface area contributed by atoms with Gasteiger partial charge in [0, 0.05) is 31.2 Å². The Labute approximate surface area is 116 Å². The highest BCUT2D eigenvalue weighted by atomic mass is 19.1. The van der Waals surface area contributed by atoms with Crippen molar-refractivity contribution in [1.29, 1.82) is 5.26 Å². The summed E-state index contributed by atoms with van der Waals surface area (Å²) < 4.78 is 18.7. The first-order valence-corrected chi connectivity index (χ1v) is 6.32. The molecule has 1 aliphatic heterocycles. The third-order valence-electron chi connectivity index (χ3n) is 3.16. The third-order valence-corrected chi connectivity index (χ3v) is 3.16. The van der Waals surface area contributed by atoms with E-state index >= 15 is 0 Å². The van der Waals surface area contributed by atoms with Gasteiger partial charge in [-0.15, -0.1) is 0 Å². The Balaban J connectivity index is 2.21. The van der Waals surface area contributed by atoms with Gasteiger partial charge in [-0.2, -0.15) is 5.26 Å². The maximum absolute atomic E-state index is 13.4. The number of rotatable bonds is 2. The summed E-state index contributed by atoms with van der Waals surface area (Å²) in [7, 11) is 0. The van der Waals surface area contributed by atoms with Crippen LogP contribution in [-0.4, -0.2) is 48.8 Å². The van der Waals surface area contributed by atoms with Crippen molar-refractivity contribution in [2.45, 2.75) is 0 Å². The Morgan fingerprint density at radius 2 is 2.35 bits per heavy atom. The monoisotopic (exact) mass is 278 g/mol. The van der Waals surface area contributed by atoms with Crippen molar-refractivity contribution in [3.63, 3.8) is 0 Å².